The zero-order chi connectivity index (χ0) is 22.8. The third kappa shape index (κ3) is 4.46. The summed E-state index contributed by atoms with van der Waals surface area (Å²) in [5.74, 6) is -0.351. The Balaban J connectivity index is 1.44. The molecule has 1 atom stereocenters. The fourth-order valence-corrected chi connectivity index (χ4v) is 4.35. The second-order valence-electron chi connectivity index (χ2n) is 7.46. The first-order chi connectivity index (χ1) is 15.4. The van der Waals surface area contributed by atoms with Gasteiger partial charge in [-0.2, -0.15) is 0 Å². The van der Waals surface area contributed by atoms with Crippen LogP contribution >= 0.6 is 23.2 Å². The van der Waals surface area contributed by atoms with Gasteiger partial charge in [-0.05, 0) is 24.3 Å². The lowest BCUT2D eigenvalue weighted by Gasteiger charge is -2.35. The van der Waals surface area contributed by atoms with Gasteiger partial charge in [0.15, 0.2) is 0 Å². The Kier molecular flexibility index (Phi) is 6.68. The smallest absolute Gasteiger partial charge is 0.414 e. The Morgan fingerprint density at radius 3 is 2.66 bits per heavy atom. The highest BCUT2D eigenvalue weighted by atomic mass is 35.5. The Bertz CT molecular complexity index is 1030. The Hall–Kier alpha value is -2.62. The molecule has 2 amide bonds. The summed E-state index contributed by atoms with van der Waals surface area (Å²) in [6.07, 6.45) is 0.883. The van der Waals surface area contributed by atoms with Gasteiger partial charge in [0.1, 0.15) is 18.2 Å². The monoisotopic (exact) mass is 482 g/mol. The number of benzene rings is 1. The van der Waals surface area contributed by atoms with Gasteiger partial charge in [0.05, 0.1) is 28.4 Å². The van der Waals surface area contributed by atoms with Gasteiger partial charge in [-0.15, -0.1) is 0 Å². The Morgan fingerprint density at radius 2 is 2.00 bits per heavy atom. The first-order valence-corrected chi connectivity index (χ1v) is 10.7. The lowest BCUT2D eigenvalue weighted by Crippen LogP contribution is -2.49. The number of rotatable bonds is 5. The standard InChI is InChI=1S/C21H21Cl2FN4O4/c1-31-11-15-12-32-21(30)28(15)18-3-2-13(8-17(18)24)20(29)27-6-4-26(5-7-27)19-16(23)9-14(22)10-25-19/h2-3,8-10,15H,4-7,11-12H2,1H3/t15-/m1/s1. The van der Waals surface area contributed by atoms with Crippen LogP contribution in [-0.4, -0.2) is 74.4 Å². The first kappa shape index (κ1) is 22.6. The number of hydrogen-bond donors (Lipinski definition) is 0. The van der Waals surface area contributed by atoms with Crippen molar-refractivity contribution in [3.8, 4) is 0 Å². The van der Waals surface area contributed by atoms with Crippen LogP contribution in [0.3, 0.4) is 0 Å². The van der Waals surface area contributed by atoms with E-state index in [-0.39, 0.29) is 30.4 Å². The van der Waals surface area contributed by atoms with Crippen molar-refractivity contribution in [1.29, 1.82) is 0 Å². The summed E-state index contributed by atoms with van der Waals surface area (Å²) in [5.41, 5.74) is 0.262. The topological polar surface area (TPSA) is 75.2 Å². The summed E-state index contributed by atoms with van der Waals surface area (Å²) in [7, 11) is 1.50. The van der Waals surface area contributed by atoms with Gasteiger partial charge >= 0.3 is 6.09 Å². The van der Waals surface area contributed by atoms with Crippen LogP contribution in [0.1, 0.15) is 10.4 Å². The van der Waals surface area contributed by atoms with Crippen LogP contribution < -0.4 is 9.80 Å². The molecule has 0 N–H and O–H groups in total. The SMILES string of the molecule is COC[C@@H]1COC(=O)N1c1ccc(C(=O)N2CCN(c3ncc(Cl)cc3Cl)CC2)cc1F. The quantitative estimate of drug-likeness (QED) is 0.649. The zero-order valence-corrected chi connectivity index (χ0v) is 18.8. The summed E-state index contributed by atoms with van der Waals surface area (Å²) < 4.78 is 25.0. The molecule has 2 aliphatic rings. The largest absolute Gasteiger partial charge is 0.447 e. The number of ether oxygens (including phenoxy) is 2. The fraction of sp³-hybridized carbons (Fsp3) is 0.381. The van der Waals surface area contributed by atoms with Crippen molar-refractivity contribution in [2.24, 2.45) is 0 Å². The van der Waals surface area contributed by atoms with Crippen LogP contribution in [0.15, 0.2) is 30.5 Å². The van der Waals surface area contributed by atoms with Crippen molar-refractivity contribution >= 4 is 46.7 Å². The fourth-order valence-electron chi connectivity index (χ4n) is 3.85. The van der Waals surface area contributed by atoms with E-state index in [4.69, 9.17) is 32.7 Å². The molecule has 0 spiro atoms. The molecule has 0 unspecified atom stereocenters. The van der Waals surface area contributed by atoms with Crippen LogP contribution in [0.4, 0.5) is 20.7 Å². The van der Waals surface area contributed by atoms with E-state index in [9.17, 15) is 14.0 Å². The lowest BCUT2D eigenvalue weighted by molar-refractivity contribution is 0.0746. The van der Waals surface area contributed by atoms with E-state index in [1.165, 1.54) is 30.3 Å². The normalized spacial score (nSPS) is 18.8. The number of halogens is 3. The molecule has 2 aliphatic heterocycles. The van der Waals surface area contributed by atoms with Gasteiger partial charge < -0.3 is 19.3 Å². The molecule has 3 heterocycles. The van der Waals surface area contributed by atoms with Gasteiger partial charge in [0.25, 0.3) is 5.91 Å². The predicted octanol–water partition coefficient (Wildman–Crippen LogP) is 3.46. The van der Waals surface area contributed by atoms with E-state index in [0.717, 1.165) is 6.07 Å². The number of methoxy groups -OCH3 is 1. The number of anilines is 2. The van der Waals surface area contributed by atoms with Crippen molar-refractivity contribution in [2.45, 2.75) is 6.04 Å². The summed E-state index contributed by atoms with van der Waals surface area (Å²) in [5, 5.41) is 0.899. The average molecular weight is 483 g/mol. The molecule has 11 heteroatoms. The van der Waals surface area contributed by atoms with Crippen molar-refractivity contribution in [3.63, 3.8) is 0 Å². The Labute approximate surface area is 194 Å². The number of carbonyl (C=O) groups excluding carboxylic acids is 2. The molecule has 32 heavy (non-hydrogen) atoms. The molecule has 1 aromatic heterocycles. The van der Waals surface area contributed by atoms with Crippen molar-refractivity contribution in [1.82, 2.24) is 9.88 Å². The molecular formula is C21H21Cl2FN4O4. The molecule has 4 rings (SSSR count). The number of hydrogen-bond acceptors (Lipinski definition) is 6. The summed E-state index contributed by atoms with van der Waals surface area (Å²) >= 11 is 12.1. The second kappa shape index (κ2) is 9.48. The van der Waals surface area contributed by atoms with E-state index in [1.54, 1.807) is 11.0 Å². The van der Waals surface area contributed by atoms with Crippen LogP contribution in [0.5, 0.6) is 0 Å². The van der Waals surface area contributed by atoms with E-state index in [0.29, 0.717) is 42.0 Å². The molecule has 8 nitrogen and oxygen atoms in total. The molecule has 2 saturated heterocycles. The average Bonchev–Trinajstić information content (AvgIpc) is 3.13. The summed E-state index contributed by atoms with van der Waals surface area (Å²) in [4.78, 5) is 34.1. The highest BCUT2D eigenvalue weighted by Crippen LogP contribution is 2.29. The van der Waals surface area contributed by atoms with Gasteiger partial charge in [-0.25, -0.2) is 14.2 Å². The number of piperazine rings is 1. The van der Waals surface area contributed by atoms with Crippen molar-refractivity contribution < 1.29 is 23.5 Å². The van der Waals surface area contributed by atoms with Crippen molar-refractivity contribution in [3.05, 3.63) is 51.9 Å². The van der Waals surface area contributed by atoms with Gasteiger partial charge in [0.2, 0.25) is 0 Å². The third-order valence-electron chi connectivity index (χ3n) is 5.43. The van der Waals surface area contributed by atoms with E-state index >= 15 is 0 Å². The first-order valence-electron chi connectivity index (χ1n) is 9.98. The molecular weight excluding hydrogens is 462 g/mol. The molecule has 0 radical (unpaired) electrons. The summed E-state index contributed by atoms with van der Waals surface area (Å²) in [6, 6.07) is 5.29. The maximum atomic E-state index is 14.9. The van der Waals surface area contributed by atoms with Crippen LogP contribution in [0.25, 0.3) is 0 Å². The number of aromatic nitrogens is 1. The van der Waals surface area contributed by atoms with Gasteiger partial charge in [-0.3, -0.25) is 9.69 Å². The minimum atomic E-state index is -0.674. The molecule has 170 valence electrons. The summed E-state index contributed by atoms with van der Waals surface area (Å²) in [6.45, 7) is 2.23. The van der Waals surface area contributed by atoms with Crippen LogP contribution in [0.2, 0.25) is 10.0 Å². The minimum Gasteiger partial charge on any atom is -0.447 e. The number of amides is 2. The highest BCUT2D eigenvalue weighted by molar-refractivity contribution is 6.36. The van der Waals surface area contributed by atoms with E-state index < -0.39 is 18.0 Å². The number of carbonyl (C=O) groups is 2. The lowest BCUT2D eigenvalue weighted by atomic mass is 10.1. The van der Waals surface area contributed by atoms with Crippen LogP contribution in [0, 0.1) is 5.82 Å². The zero-order valence-electron chi connectivity index (χ0n) is 17.3. The molecule has 0 bridgehead atoms. The van der Waals surface area contributed by atoms with Crippen LogP contribution in [-0.2, 0) is 9.47 Å². The maximum absolute atomic E-state index is 14.9. The van der Waals surface area contributed by atoms with E-state index in [1.807, 2.05) is 4.90 Å². The molecule has 2 aromatic rings. The van der Waals surface area contributed by atoms with E-state index in [2.05, 4.69) is 4.98 Å². The number of cyclic esters (lactones) is 1. The van der Waals surface area contributed by atoms with Crippen molar-refractivity contribution in [2.75, 3.05) is 56.3 Å². The predicted molar refractivity (Wildman–Crippen MR) is 118 cm³/mol. The highest BCUT2D eigenvalue weighted by Gasteiger charge is 2.36. The molecule has 2 fully saturated rings. The van der Waals surface area contributed by atoms with Gasteiger partial charge in [-0.1, -0.05) is 23.2 Å². The Morgan fingerprint density at radius 1 is 1.25 bits per heavy atom. The molecule has 1 aromatic carbocycles. The second-order valence-corrected chi connectivity index (χ2v) is 8.30. The number of nitrogens with zero attached hydrogens (tertiary/aromatic N) is 4. The number of pyridine rings is 1. The third-order valence-corrected chi connectivity index (χ3v) is 5.91. The molecule has 0 saturated carbocycles. The maximum Gasteiger partial charge on any atom is 0.414 e. The molecule has 0 aliphatic carbocycles. The minimum absolute atomic E-state index is 0.0550. The van der Waals surface area contributed by atoms with Gasteiger partial charge in [0, 0.05) is 45.0 Å².